The van der Waals surface area contributed by atoms with E-state index in [9.17, 15) is 4.39 Å². The van der Waals surface area contributed by atoms with Gasteiger partial charge in [-0.25, -0.2) is 4.39 Å². The van der Waals surface area contributed by atoms with E-state index < -0.39 is 0 Å². The second kappa shape index (κ2) is 9.04. The van der Waals surface area contributed by atoms with Crippen LogP contribution in [0.5, 0.6) is 11.5 Å². The van der Waals surface area contributed by atoms with Crippen molar-refractivity contribution < 1.29 is 13.9 Å². The van der Waals surface area contributed by atoms with Gasteiger partial charge in [-0.1, -0.05) is 43.7 Å². The third-order valence-electron chi connectivity index (χ3n) is 7.61. The Hall–Kier alpha value is -3.31. The quantitative estimate of drug-likeness (QED) is 0.317. The Balaban J connectivity index is 1.49. The summed E-state index contributed by atoms with van der Waals surface area (Å²) >= 11 is 0. The highest BCUT2D eigenvalue weighted by molar-refractivity contribution is 5.85. The zero-order valence-electron chi connectivity index (χ0n) is 20.3. The standard InChI is InChI=1S/C30H31FN2O2/c1-3-4-15-35-28-18-23-20(16-27(28)34-2)13-14-33-26(23)17-24-22-7-5-6-8-25(22)32-29(24)30(33)19-9-11-21(31)12-10-19/h5-12,16,18,26,30,32H,3-4,13-15,17H2,1-2H3. The van der Waals surface area contributed by atoms with Crippen LogP contribution >= 0.6 is 0 Å². The van der Waals surface area contributed by atoms with Gasteiger partial charge in [0.25, 0.3) is 0 Å². The smallest absolute Gasteiger partial charge is 0.161 e. The Kier molecular flexibility index (Phi) is 5.73. The predicted octanol–water partition coefficient (Wildman–Crippen LogP) is 6.74. The molecule has 0 saturated heterocycles. The fraction of sp³-hybridized carbons (Fsp3) is 0.333. The molecule has 2 aliphatic rings. The summed E-state index contributed by atoms with van der Waals surface area (Å²) in [6.45, 7) is 3.78. The van der Waals surface area contributed by atoms with Gasteiger partial charge in [0.2, 0.25) is 0 Å². The topological polar surface area (TPSA) is 37.5 Å². The van der Waals surface area contributed by atoms with Crippen molar-refractivity contribution in [1.82, 2.24) is 9.88 Å². The van der Waals surface area contributed by atoms with Crippen molar-refractivity contribution in [3.8, 4) is 11.5 Å². The van der Waals surface area contributed by atoms with Gasteiger partial charge in [0, 0.05) is 29.2 Å². The summed E-state index contributed by atoms with van der Waals surface area (Å²) in [5, 5.41) is 1.27. The van der Waals surface area contributed by atoms with Gasteiger partial charge in [0.15, 0.2) is 11.5 Å². The highest BCUT2D eigenvalue weighted by Crippen LogP contribution is 2.49. The van der Waals surface area contributed by atoms with Crippen molar-refractivity contribution in [1.29, 1.82) is 0 Å². The number of unbranched alkanes of at least 4 members (excludes halogenated alkanes) is 1. The molecule has 0 radical (unpaired) electrons. The van der Waals surface area contributed by atoms with Crippen molar-refractivity contribution in [3.63, 3.8) is 0 Å². The molecule has 0 saturated carbocycles. The molecule has 5 heteroatoms. The molecule has 0 aliphatic carbocycles. The molecule has 3 heterocycles. The number of aromatic amines is 1. The van der Waals surface area contributed by atoms with Crippen LogP contribution in [0.4, 0.5) is 4.39 Å². The number of H-pyrrole nitrogens is 1. The number of aromatic nitrogens is 1. The van der Waals surface area contributed by atoms with Gasteiger partial charge in [-0.05, 0) is 71.8 Å². The Morgan fingerprint density at radius 3 is 2.69 bits per heavy atom. The third kappa shape index (κ3) is 3.79. The number of fused-ring (bicyclic) bond motifs is 6. The van der Waals surface area contributed by atoms with Gasteiger partial charge in [0.05, 0.1) is 19.8 Å². The highest BCUT2D eigenvalue weighted by Gasteiger charge is 2.41. The van der Waals surface area contributed by atoms with Crippen LogP contribution in [0.25, 0.3) is 10.9 Å². The number of ether oxygens (including phenoxy) is 2. The fourth-order valence-corrected chi connectivity index (χ4v) is 5.90. The minimum atomic E-state index is -0.206. The number of benzene rings is 3. The number of para-hydroxylation sites is 1. The zero-order valence-corrected chi connectivity index (χ0v) is 20.3. The molecule has 35 heavy (non-hydrogen) atoms. The lowest BCUT2D eigenvalue weighted by atomic mass is 9.80. The molecule has 2 atom stereocenters. The number of methoxy groups -OCH3 is 1. The Bertz CT molecular complexity index is 1360. The summed E-state index contributed by atoms with van der Waals surface area (Å²) in [6.07, 6.45) is 3.96. The van der Waals surface area contributed by atoms with Crippen molar-refractivity contribution >= 4 is 10.9 Å². The second-order valence-corrected chi connectivity index (χ2v) is 9.63. The number of nitrogens with zero attached hydrogens (tertiary/aromatic N) is 1. The first kappa shape index (κ1) is 22.2. The SMILES string of the molecule is CCCCOc1cc2c(cc1OC)CCN1C2Cc2c([nH]c3ccccc23)C1c1ccc(F)cc1. The first-order valence-electron chi connectivity index (χ1n) is 12.6. The van der Waals surface area contributed by atoms with Gasteiger partial charge in [-0.2, -0.15) is 0 Å². The lowest BCUT2D eigenvalue weighted by Crippen LogP contribution is -2.43. The van der Waals surface area contributed by atoms with E-state index in [-0.39, 0.29) is 17.9 Å². The van der Waals surface area contributed by atoms with Crippen molar-refractivity contribution in [2.24, 2.45) is 0 Å². The van der Waals surface area contributed by atoms with E-state index in [0.717, 1.165) is 54.8 Å². The molecule has 4 nitrogen and oxygen atoms in total. The van der Waals surface area contributed by atoms with Gasteiger partial charge < -0.3 is 14.5 Å². The van der Waals surface area contributed by atoms with Crippen LogP contribution in [-0.2, 0) is 12.8 Å². The maximum absolute atomic E-state index is 13.8. The normalized spacial score (nSPS) is 19.2. The molecule has 2 aliphatic heterocycles. The Labute approximate surface area is 205 Å². The van der Waals surface area contributed by atoms with Gasteiger partial charge in [-0.3, -0.25) is 4.90 Å². The van der Waals surface area contributed by atoms with E-state index in [0.29, 0.717) is 6.61 Å². The molecule has 1 aromatic heterocycles. The number of hydrogen-bond acceptors (Lipinski definition) is 3. The molecule has 0 fully saturated rings. The summed E-state index contributed by atoms with van der Waals surface area (Å²) in [7, 11) is 1.72. The van der Waals surface area contributed by atoms with Crippen LogP contribution in [0.1, 0.15) is 59.8 Å². The maximum Gasteiger partial charge on any atom is 0.161 e. The van der Waals surface area contributed by atoms with E-state index in [2.05, 4.69) is 53.2 Å². The van der Waals surface area contributed by atoms with Crippen LogP contribution in [0.15, 0.2) is 60.7 Å². The van der Waals surface area contributed by atoms with Crippen LogP contribution in [0, 0.1) is 5.82 Å². The molecule has 2 unspecified atom stereocenters. The van der Waals surface area contributed by atoms with E-state index in [1.165, 1.54) is 27.8 Å². The van der Waals surface area contributed by atoms with Crippen LogP contribution in [0.2, 0.25) is 0 Å². The van der Waals surface area contributed by atoms with E-state index in [1.54, 1.807) is 19.2 Å². The molecule has 6 rings (SSSR count). The van der Waals surface area contributed by atoms with Crippen LogP contribution in [0.3, 0.4) is 0 Å². The molecule has 0 amide bonds. The Morgan fingerprint density at radius 2 is 1.89 bits per heavy atom. The molecule has 4 aromatic rings. The lowest BCUT2D eigenvalue weighted by molar-refractivity contribution is 0.127. The average Bonchev–Trinajstić information content (AvgIpc) is 3.26. The van der Waals surface area contributed by atoms with E-state index in [4.69, 9.17) is 9.47 Å². The first-order chi connectivity index (χ1) is 17.2. The van der Waals surface area contributed by atoms with Crippen molar-refractivity contribution in [2.45, 2.75) is 44.7 Å². The monoisotopic (exact) mass is 470 g/mol. The summed E-state index contributed by atoms with van der Waals surface area (Å²) in [5.41, 5.74) is 7.49. The minimum Gasteiger partial charge on any atom is -0.493 e. The zero-order chi connectivity index (χ0) is 23.9. The van der Waals surface area contributed by atoms with Gasteiger partial charge in [0.1, 0.15) is 5.82 Å². The predicted molar refractivity (Wildman–Crippen MR) is 137 cm³/mol. The number of rotatable bonds is 6. The van der Waals surface area contributed by atoms with Crippen molar-refractivity contribution in [3.05, 3.63) is 94.4 Å². The van der Waals surface area contributed by atoms with E-state index >= 15 is 0 Å². The molecular weight excluding hydrogens is 439 g/mol. The molecular formula is C30H31FN2O2. The highest BCUT2D eigenvalue weighted by atomic mass is 19.1. The second-order valence-electron chi connectivity index (χ2n) is 9.63. The summed E-state index contributed by atoms with van der Waals surface area (Å²) in [6, 6.07) is 20.2. The molecule has 0 spiro atoms. The average molecular weight is 471 g/mol. The summed E-state index contributed by atoms with van der Waals surface area (Å²) < 4.78 is 25.7. The van der Waals surface area contributed by atoms with Crippen LogP contribution < -0.4 is 9.47 Å². The first-order valence-corrected chi connectivity index (χ1v) is 12.6. The molecule has 0 bridgehead atoms. The number of hydrogen-bond donors (Lipinski definition) is 1. The summed E-state index contributed by atoms with van der Waals surface area (Å²) in [4.78, 5) is 6.30. The largest absolute Gasteiger partial charge is 0.493 e. The van der Waals surface area contributed by atoms with Gasteiger partial charge >= 0.3 is 0 Å². The number of nitrogens with one attached hydrogen (secondary N) is 1. The van der Waals surface area contributed by atoms with Crippen LogP contribution in [-0.4, -0.2) is 30.1 Å². The molecule has 1 N–H and O–H groups in total. The Morgan fingerprint density at radius 1 is 1.06 bits per heavy atom. The van der Waals surface area contributed by atoms with Crippen molar-refractivity contribution in [2.75, 3.05) is 20.3 Å². The fourth-order valence-electron chi connectivity index (χ4n) is 5.90. The lowest BCUT2D eigenvalue weighted by Gasteiger charge is -2.46. The van der Waals surface area contributed by atoms with E-state index in [1.807, 2.05) is 12.1 Å². The number of halogens is 1. The maximum atomic E-state index is 13.8. The molecule has 180 valence electrons. The van der Waals surface area contributed by atoms with Gasteiger partial charge in [-0.15, -0.1) is 0 Å². The third-order valence-corrected chi connectivity index (χ3v) is 7.61. The minimum absolute atomic E-state index is 0.0384. The molecule has 3 aromatic carbocycles. The summed E-state index contributed by atoms with van der Waals surface area (Å²) in [5.74, 6) is 1.43.